The van der Waals surface area contributed by atoms with Gasteiger partial charge >= 0.3 is 0 Å². The first-order valence-corrected chi connectivity index (χ1v) is 11.1. The highest BCUT2D eigenvalue weighted by Gasteiger charge is 2.13. The van der Waals surface area contributed by atoms with E-state index in [2.05, 4.69) is 10.0 Å². The fourth-order valence-corrected chi connectivity index (χ4v) is 4.01. The van der Waals surface area contributed by atoms with E-state index in [0.29, 0.717) is 17.8 Å². The fourth-order valence-electron chi connectivity index (χ4n) is 2.93. The molecule has 0 radical (unpaired) electrons. The summed E-state index contributed by atoms with van der Waals surface area (Å²) in [5.41, 5.74) is 2.02. The quantitative estimate of drug-likeness (QED) is 0.511. The maximum atomic E-state index is 12.4. The van der Waals surface area contributed by atoms with E-state index in [1.807, 2.05) is 24.3 Å². The molecule has 0 spiro atoms. The molecule has 0 aliphatic carbocycles. The summed E-state index contributed by atoms with van der Waals surface area (Å²) in [4.78, 5) is 12.5. The number of amides is 1. The average molecular weight is 425 g/mol. The van der Waals surface area contributed by atoms with Crippen molar-refractivity contribution in [2.75, 3.05) is 18.4 Å². The second-order valence-corrected chi connectivity index (χ2v) is 8.39. The molecule has 0 saturated heterocycles. The molecule has 0 unspecified atom stereocenters. The van der Waals surface area contributed by atoms with Crippen LogP contribution in [-0.4, -0.2) is 28.0 Å². The van der Waals surface area contributed by atoms with E-state index >= 15 is 0 Å². The Kier molecular flexibility index (Phi) is 7.08. The Morgan fingerprint density at radius 2 is 1.67 bits per heavy atom. The number of ether oxygens (including phenoxy) is 1. The lowest BCUT2D eigenvalue weighted by Crippen LogP contribution is -2.24. The highest BCUT2D eigenvalue weighted by Crippen LogP contribution is 2.17. The summed E-state index contributed by atoms with van der Waals surface area (Å²) in [6, 6.07) is 22.3. The van der Waals surface area contributed by atoms with Gasteiger partial charge in [-0.15, -0.1) is 0 Å². The highest BCUT2D eigenvalue weighted by atomic mass is 32.2. The van der Waals surface area contributed by atoms with Crippen LogP contribution < -0.4 is 14.8 Å². The summed E-state index contributed by atoms with van der Waals surface area (Å²) in [5.74, 6) is 0.623. The summed E-state index contributed by atoms with van der Waals surface area (Å²) >= 11 is 0. The number of benzene rings is 3. The van der Waals surface area contributed by atoms with Gasteiger partial charge in [-0.05, 0) is 66.9 Å². The summed E-state index contributed by atoms with van der Waals surface area (Å²) in [6.45, 7) is 0.540. The van der Waals surface area contributed by atoms with Gasteiger partial charge in [0.1, 0.15) is 5.75 Å². The maximum Gasteiger partial charge on any atom is 0.261 e. The van der Waals surface area contributed by atoms with Gasteiger partial charge in [0.15, 0.2) is 0 Å². The van der Waals surface area contributed by atoms with Crippen LogP contribution >= 0.6 is 0 Å². The van der Waals surface area contributed by atoms with E-state index in [-0.39, 0.29) is 10.8 Å². The topological polar surface area (TPSA) is 84.5 Å². The number of rotatable bonds is 9. The molecule has 0 aromatic heterocycles. The Morgan fingerprint density at radius 1 is 0.933 bits per heavy atom. The Bertz CT molecular complexity index is 1080. The molecule has 0 aliphatic heterocycles. The van der Waals surface area contributed by atoms with Gasteiger partial charge in [0.05, 0.1) is 12.0 Å². The molecule has 6 nitrogen and oxygen atoms in total. The molecule has 0 fully saturated rings. The summed E-state index contributed by atoms with van der Waals surface area (Å²) in [6.07, 6.45) is 1.63. The standard InChI is InChI=1S/C23H24N2O4S/c1-29-21-9-5-7-18(17-21)8-6-16-24-23(26)19-12-14-20(15-13-19)25-30(27,28)22-10-3-2-4-11-22/h2-5,7,9-15,17,25H,6,8,16H2,1H3,(H,24,26). The first kappa shape index (κ1) is 21.4. The van der Waals surface area contributed by atoms with Crippen LogP contribution in [0, 0.1) is 0 Å². The Labute approximate surface area is 177 Å². The molecule has 7 heteroatoms. The number of carbonyl (C=O) groups is 1. The van der Waals surface area contributed by atoms with Gasteiger partial charge in [-0.2, -0.15) is 0 Å². The second-order valence-electron chi connectivity index (χ2n) is 6.71. The van der Waals surface area contributed by atoms with Crippen LogP contribution in [0.4, 0.5) is 5.69 Å². The largest absolute Gasteiger partial charge is 0.497 e. The third kappa shape index (κ3) is 5.84. The minimum Gasteiger partial charge on any atom is -0.497 e. The van der Waals surface area contributed by atoms with Crippen molar-refractivity contribution in [3.63, 3.8) is 0 Å². The monoisotopic (exact) mass is 424 g/mol. The van der Waals surface area contributed by atoms with Gasteiger partial charge in [0.2, 0.25) is 0 Å². The van der Waals surface area contributed by atoms with Crippen molar-refractivity contribution in [2.24, 2.45) is 0 Å². The maximum absolute atomic E-state index is 12.4. The number of sulfonamides is 1. The molecule has 30 heavy (non-hydrogen) atoms. The number of carbonyl (C=O) groups excluding carboxylic acids is 1. The normalized spacial score (nSPS) is 11.0. The minimum absolute atomic E-state index is 0.183. The molecule has 156 valence electrons. The Morgan fingerprint density at radius 3 is 2.37 bits per heavy atom. The Hall–Kier alpha value is -3.32. The van der Waals surface area contributed by atoms with Gasteiger partial charge in [0, 0.05) is 17.8 Å². The highest BCUT2D eigenvalue weighted by molar-refractivity contribution is 7.92. The summed E-state index contributed by atoms with van der Waals surface area (Å²) < 4.78 is 32.4. The third-order valence-corrected chi connectivity index (χ3v) is 5.91. The number of hydrogen-bond donors (Lipinski definition) is 2. The van der Waals surface area contributed by atoms with E-state index in [0.717, 1.165) is 24.2 Å². The van der Waals surface area contributed by atoms with Crippen molar-refractivity contribution >= 4 is 21.6 Å². The van der Waals surface area contributed by atoms with Crippen molar-refractivity contribution in [3.8, 4) is 5.75 Å². The van der Waals surface area contributed by atoms with Crippen molar-refractivity contribution in [1.29, 1.82) is 0 Å². The van der Waals surface area contributed by atoms with Crippen molar-refractivity contribution in [1.82, 2.24) is 5.32 Å². The summed E-state index contributed by atoms with van der Waals surface area (Å²) in [5, 5.41) is 2.88. The molecule has 0 atom stereocenters. The Balaban J connectivity index is 1.50. The minimum atomic E-state index is -3.65. The zero-order valence-electron chi connectivity index (χ0n) is 16.7. The number of methoxy groups -OCH3 is 1. The first-order chi connectivity index (χ1) is 14.5. The molecule has 0 heterocycles. The van der Waals surface area contributed by atoms with E-state index in [1.54, 1.807) is 49.6 Å². The van der Waals surface area contributed by atoms with Crippen LogP contribution in [0.15, 0.2) is 83.8 Å². The van der Waals surface area contributed by atoms with Crippen LogP contribution in [0.1, 0.15) is 22.3 Å². The molecule has 0 bridgehead atoms. The molecular formula is C23H24N2O4S. The number of aryl methyl sites for hydroxylation is 1. The second kappa shape index (κ2) is 9.93. The molecule has 3 aromatic carbocycles. The van der Waals surface area contributed by atoms with Crippen molar-refractivity contribution in [3.05, 3.63) is 90.0 Å². The molecule has 1 amide bonds. The number of anilines is 1. The van der Waals surface area contributed by atoms with E-state index in [4.69, 9.17) is 4.74 Å². The van der Waals surface area contributed by atoms with Crippen molar-refractivity contribution < 1.29 is 17.9 Å². The smallest absolute Gasteiger partial charge is 0.261 e. The molecule has 3 aromatic rings. The molecule has 3 rings (SSSR count). The lowest BCUT2D eigenvalue weighted by Gasteiger charge is -2.09. The zero-order valence-corrected chi connectivity index (χ0v) is 17.5. The molecule has 0 aliphatic rings. The van der Waals surface area contributed by atoms with Gasteiger partial charge in [0.25, 0.3) is 15.9 Å². The average Bonchev–Trinajstić information content (AvgIpc) is 2.77. The molecular weight excluding hydrogens is 400 g/mol. The van der Waals surface area contributed by atoms with Crippen LogP contribution in [0.5, 0.6) is 5.75 Å². The lowest BCUT2D eigenvalue weighted by molar-refractivity contribution is 0.0953. The van der Waals surface area contributed by atoms with E-state index in [9.17, 15) is 13.2 Å². The van der Waals surface area contributed by atoms with Gasteiger partial charge in [-0.1, -0.05) is 30.3 Å². The zero-order chi connectivity index (χ0) is 21.4. The van der Waals surface area contributed by atoms with Gasteiger partial charge < -0.3 is 10.1 Å². The molecule has 0 saturated carbocycles. The predicted molar refractivity (Wildman–Crippen MR) is 117 cm³/mol. The lowest BCUT2D eigenvalue weighted by atomic mass is 10.1. The van der Waals surface area contributed by atoms with Crippen LogP contribution in [-0.2, 0) is 16.4 Å². The van der Waals surface area contributed by atoms with Gasteiger partial charge in [-0.3, -0.25) is 9.52 Å². The first-order valence-electron chi connectivity index (χ1n) is 9.57. The fraction of sp³-hybridized carbons (Fsp3) is 0.174. The van der Waals surface area contributed by atoms with Crippen LogP contribution in [0.3, 0.4) is 0 Å². The summed E-state index contributed by atoms with van der Waals surface area (Å²) in [7, 11) is -2.02. The van der Waals surface area contributed by atoms with Crippen LogP contribution in [0.2, 0.25) is 0 Å². The number of hydrogen-bond acceptors (Lipinski definition) is 4. The van der Waals surface area contributed by atoms with Crippen molar-refractivity contribution in [2.45, 2.75) is 17.7 Å². The van der Waals surface area contributed by atoms with E-state index < -0.39 is 10.0 Å². The van der Waals surface area contributed by atoms with Crippen LogP contribution in [0.25, 0.3) is 0 Å². The van der Waals surface area contributed by atoms with E-state index in [1.165, 1.54) is 12.1 Å². The third-order valence-electron chi connectivity index (χ3n) is 4.51. The predicted octanol–water partition coefficient (Wildman–Crippen LogP) is 3.86. The van der Waals surface area contributed by atoms with Gasteiger partial charge in [-0.25, -0.2) is 8.42 Å². The SMILES string of the molecule is COc1cccc(CCCNC(=O)c2ccc(NS(=O)(=O)c3ccccc3)cc2)c1. The molecule has 2 N–H and O–H groups in total. The number of nitrogens with one attached hydrogen (secondary N) is 2.